The van der Waals surface area contributed by atoms with E-state index in [9.17, 15) is 9.59 Å². The number of nitrogens with one attached hydrogen (secondary N) is 1. The first kappa shape index (κ1) is 12.4. The van der Waals surface area contributed by atoms with Crippen LogP contribution in [-0.2, 0) is 4.79 Å². The minimum absolute atomic E-state index is 0.188. The lowest BCUT2D eigenvalue weighted by atomic mass is 10.1. The van der Waals surface area contributed by atoms with E-state index in [-0.39, 0.29) is 11.9 Å². The fourth-order valence-electron chi connectivity index (χ4n) is 1.99. The third kappa shape index (κ3) is 2.16. The molecule has 0 bridgehead atoms. The van der Waals surface area contributed by atoms with Gasteiger partial charge in [0, 0.05) is 0 Å². The molecule has 1 atom stereocenters. The molecule has 5 nitrogen and oxygen atoms in total. The molecule has 1 N–H and O–H groups in total. The Morgan fingerprint density at radius 1 is 1.28 bits per heavy atom. The molecule has 0 spiro atoms. The molecule has 3 amide bonds. The van der Waals surface area contributed by atoms with Crippen LogP contribution in [0.5, 0.6) is 5.75 Å². The molecule has 1 aliphatic rings. The largest absolute Gasteiger partial charge is 0.497 e. The summed E-state index contributed by atoms with van der Waals surface area (Å²) in [6.45, 7) is 1.98. The Kier molecular flexibility index (Phi) is 3.50. The van der Waals surface area contributed by atoms with Gasteiger partial charge >= 0.3 is 6.03 Å². The maximum absolute atomic E-state index is 12.1. The van der Waals surface area contributed by atoms with Gasteiger partial charge in [0.1, 0.15) is 11.8 Å². The van der Waals surface area contributed by atoms with E-state index in [0.717, 1.165) is 6.42 Å². The summed E-state index contributed by atoms with van der Waals surface area (Å²) >= 11 is 0. The predicted octanol–water partition coefficient (Wildman–Crippen LogP) is 1.92. The second-order valence-electron chi connectivity index (χ2n) is 4.16. The van der Waals surface area contributed by atoms with Crippen molar-refractivity contribution in [2.45, 2.75) is 25.8 Å². The summed E-state index contributed by atoms with van der Waals surface area (Å²) in [5.41, 5.74) is 0.567. The summed E-state index contributed by atoms with van der Waals surface area (Å²) in [4.78, 5) is 25.0. The third-order valence-electron chi connectivity index (χ3n) is 2.93. The van der Waals surface area contributed by atoms with Crippen molar-refractivity contribution in [1.82, 2.24) is 5.32 Å². The summed E-state index contributed by atoms with van der Waals surface area (Å²) in [6, 6.07) is 6.09. The molecular formula is C13H16N2O3. The van der Waals surface area contributed by atoms with Crippen molar-refractivity contribution in [2.75, 3.05) is 12.0 Å². The van der Waals surface area contributed by atoms with Gasteiger partial charge in [-0.05, 0) is 30.7 Å². The normalized spacial score (nSPS) is 19.0. The van der Waals surface area contributed by atoms with Crippen LogP contribution in [0.3, 0.4) is 0 Å². The van der Waals surface area contributed by atoms with E-state index in [1.807, 2.05) is 6.92 Å². The van der Waals surface area contributed by atoms with Crippen LogP contribution in [0, 0.1) is 0 Å². The third-order valence-corrected chi connectivity index (χ3v) is 2.93. The van der Waals surface area contributed by atoms with E-state index in [2.05, 4.69) is 5.32 Å². The molecule has 18 heavy (non-hydrogen) atoms. The first-order valence-electron chi connectivity index (χ1n) is 5.96. The van der Waals surface area contributed by atoms with Crippen molar-refractivity contribution in [3.05, 3.63) is 24.3 Å². The van der Waals surface area contributed by atoms with Crippen LogP contribution in [0.2, 0.25) is 0 Å². The van der Waals surface area contributed by atoms with Gasteiger partial charge in [-0.3, -0.25) is 4.79 Å². The van der Waals surface area contributed by atoms with E-state index in [1.54, 1.807) is 31.4 Å². The lowest BCUT2D eigenvalue weighted by Crippen LogP contribution is -2.31. The second-order valence-corrected chi connectivity index (χ2v) is 4.16. The summed E-state index contributed by atoms with van der Waals surface area (Å²) in [5.74, 6) is 0.503. The van der Waals surface area contributed by atoms with Gasteiger partial charge in [0.25, 0.3) is 5.91 Å². The van der Waals surface area contributed by atoms with E-state index in [4.69, 9.17) is 4.74 Å². The van der Waals surface area contributed by atoms with Gasteiger partial charge < -0.3 is 10.1 Å². The van der Waals surface area contributed by atoms with Crippen LogP contribution in [-0.4, -0.2) is 25.1 Å². The Balaban J connectivity index is 2.21. The monoisotopic (exact) mass is 248 g/mol. The highest BCUT2D eigenvalue weighted by Gasteiger charge is 2.38. The maximum Gasteiger partial charge on any atom is 0.329 e. The van der Waals surface area contributed by atoms with E-state index in [0.29, 0.717) is 17.9 Å². The second kappa shape index (κ2) is 5.08. The molecule has 5 heteroatoms. The summed E-state index contributed by atoms with van der Waals surface area (Å²) < 4.78 is 5.04. The zero-order valence-electron chi connectivity index (χ0n) is 10.5. The average Bonchev–Trinajstić information content (AvgIpc) is 2.65. The zero-order valence-corrected chi connectivity index (χ0v) is 10.5. The Bertz CT molecular complexity index is 456. The molecule has 1 aromatic carbocycles. The Morgan fingerprint density at radius 2 is 1.94 bits per heavy atom. The molecule has 0 radical (unpaired) electrons. The molecule has 0 aliphatic carbocycles. The van der Waals surface area contributed by atoms with Gasteiger partial charge in [-0.1, -0.05) is 13.3 Å². The van der Waals surface area contributed by atoms with E-state index >= 15 is 0 Å². The van der Waals surface area contributed by atoms with Crippen molar-refractivity contribution in [2.24, 2.45) is 0 Å². The standard InChI is InChI=1S/C13H16N2O3/c1-3-4-11-12(16)15(13(17)14-11)9-5-7-10(18-2)8-6-9/h5-8,11H,3-4H2,1-2H3,(H,14,17). The fourth-order valence-corrected chi connectivity index (χ4v) is 1.99. The smallest absolute Gasteiger partial charge is 0.329 e. The van der Waals surface area contributed by atoms with Gasteiger partial charge in [-0.15, -0.1) is 0 Å². The molecule has 1 saturated heterocycles. The van der Waals surface area contributed by atoms with Crippen LogP contribution >= 0.6 is 0 Å². The number of anilines is 1. The zero-order chi connectivity index (χ0) is 13.1. The van der Waals surface area contributed by atoms with Gasteiger partial charge in [0.05, 0.1) is 12.8 Å². The Morgan fingerprint density at radius 3 is 2.50 bits per heavy atom. The number of nitrogens with zero attached hydrogens (tertiary/aromatic N) is 1. The summed E-state index contributed by atoms with van der Waals surface area (Å²) in [7, 11) is 1.57. The molecule has 1 aliphatic heterocycles. The van der Waals surface area contributed by atoms with E-state index < -0.39 is 6.04 Å². The first-order chi connectivity index (χ1) is 8.67. The van der Waals surface area contributed by atoms with Crippen molar-refractivity contribution in [3.63, 3.8) is 0 Å². The fraction of sp³-hybridized carbons (Fsp3) is 0.385. The minimum Gasteiger partial charge on any atom is -0.497 e. The lowest BCUT2D eigenvalue weighted by molar-refractivity contribution is -0.118. The number of ether oxygens (including phenoxy) is 1. The number of imide groups is 1. The van der Waals surface area contributed by atoms with Crippen LogP contribution in [0.15, 0.2) is 24.3 Å². The van der Waals surface area contributed by atoms with Gasteiger partial charge in [0.15, 0.2) is 0 Å². The molecule has 0 aromatic heterocycles. The van der Waals surface area contributed by atoms with Crippen molar-refractivity contribution < 1.29 is 14.3 Å². The van der Waals surface area contributed by atoms with Crippen molar-refractivity contribution >= 4 is 17.6 Å². The highest BCUT2D eigenvalue weighted by Crippen LogP contribution is 2.23. The number of hydrogen-bond acceptors (Lipinski definition) is 3. The van der Waals surface area contributed by atoms with Crippen LogP contribution in [0.4, 0.5) is 10.5 Å². The van der Waals surface area contributed by atoms with Gasteiger partial charge in [0.2, 0.25) is 0 Å². The molecule has 1 fully saturated rings. The first-order valence-corrected chi connectivity index (χ1v) is 5.96. The molecule has 0 saturated carbocycles. The quantitative estimate of drug-likeness (QED) is 0.828. The molecule has 2 rings (SSSR count). The number of carbonyl (C=O) groups excluding carboxylic acids is 2. The molecular weight excluding hydrogens is 232 g/mol. The number of benzene rings is 1. The minimum atomic E-state index is -0.399. The summed E-state index contributed by atoms with van der Waals surface area (Å²) in [5, 5.41) is 2.69. The average molecular weight is 248 g/mol. The number of urea groups is 1. The highest BCUT2D eigenvalue weighted by molar-refractivity contribution is 6.21. The van der Waals surface area contributed by atoms with Crippen molar-refractivity contribution in [1.29, 1.82) is 0 Å². The van der Waals surface area contributed by atoms with Crippen LogP contribution < -0.4 is 15.0 Å². The number of rotatable bonds is 4. The van der Waals surface area contributed by atoms with Crippen molar-refractivity contribution in [3.8, 4) is 5.75 Å². The van der Waals surface area contributed by atoms with Gasteiger partial charge in [-0.2, -0.15) is 0 Å². The molecule has 1 aromatic rings. The Labute approximate surface area is 106 Å². The lowest BCUT2D eigenvalue weighted by Gasteiger charge is -2.13. The van der Waals surface area contributed by atoms with Crippen LogP contribution in [0.1, 0.15) is 19.8 Å². The molecule has 1 heterocycles. The SMILES string of the molecule is CCCC1NC(=O)N(c2ccc(OC)cc2)C1=O. The number of hydrogen-bond donors (Lipinski definition) is 1. The number of amides is 3. The molecule has 1 unspecified atom stereocenters. The number of carbonyl (C=O) groups is 2. The Hall–Kier alpha value is -2.04. The highest BCUT2D eigenvalue weighted by atomic mass is 16.5. The molecule has 96 valence electrons. The van der Waals surface area contributed by atoms with E-state index in [1.165, 1.54) is 4.90 Å². The predicted molar refractivity (Wildman–Crippen MR) is 67.7 cm³/mol. The van der Waals surface area contributed by atoms with Crippen LogP contribution in [0.25, 0.3) is 0 Å². The topological polar surface area (TPSA) is 58.6 Å². The maximum atomic E-state index is 12.1. The summed E-state index contributed by atoms with van der Waals surface area (Å²) in [6.07, 6.45) is 1.52. The van der Waals surface area contributed by atoms with Gasteiger partial charge in [-0.25, -0.2) is 9.69 Å². The number of methoxy groups -OCH3 is 1.